The molecule has 0 spiro atoms. The molecule has 16 nitrogen and oxygen atoms in total. The van der Waals surface area contributed by atoms with Gasteiger partial charge in [0.1, 0.15) is 0 Å². The molecule has 2 aromatic heterocycles. The van der Waals surface area contributed by atoms with E-state index in [1.54, 1.807) is 30.5 Å². The van der Waals surface area contributed by atoms with Gasteiger partial charge in [-0.2, -0.15) is 9.97 Å². The molecule has 0 aliphatic heterocycles. The maximum absolute atomic E-state index is 13.8. The van der Waals surface area contributed by atoms with Gasteiger partial charge in [0.05, 0.1) is 24.5 Å². The number of aliphatic hydroxyl groups is 2. The van der Waals surface area contributed by atoms with Crippen LogP contribution in [0.2, 0.25) is 0 Å². The number of aromatic nitrogens is 4. The van der Waals surface area contributed by atoms with E-state index in [2.05, 4.69) is 37.5 Å². The SMILES string of the molecule is C[C@@H]1CC2C3CCC4=CC(=O)C=C[C@]4(C)C3[C@@H](O)C[C@]2(C)[C@@]1(O)C(=O)NCCCOCCCCOCCCNC(=O)c1ccc(N(C)Cc2cnc3nc(N)nc(N)c3n2)cc1. The Morgan fingerprint density at radius 3 is 2.35 bits per heavy atom. The smallest absolute Gasteiger partial charge is 0.252 e. The Labute approximate surface area is 363 Å². The van der Waals surface area contributed by atoms with Crippen LogP contribution in [0.5, 0.6) is 0 Å². The molecule has 4 aliphatic carbocycles. The minimum Gasteiger partial charge on any atom is -0.393 e. The number of carbonyl (C=O) groups excluding carboxylic acids is 3. The number of nitrogens with two attached hydrogens (primary N) is 2. The van der Waals surface area contributed by atoms with E-state index < -0.39 is 22.5 Å². The highest BCUT2D eigenvalue weighted by Crippen LogP contribution is 2.68. The van der Waals surface area contributed by atoms with Crippen LogP contribution in [-0.2, 0) is 25.6 Å². The van der Waals surface area contributed by atoms with E-state index in [0.29, 0.717) is 87.7 Å². The first-order valence-corrected chi connectivity index (χ1v) is 22.1. The molecule has 16 heteroatoms. The molecule has 0 saturated heterocycles. The van der Waals surface area contributed by atoms with Crippen molar-refractivity contribution >= 4 is 46.2 Å². The van der Waals surface area contributed by atoms with Crippen LogP contribution in [0.25, 0.3) is 11.2 Å². The van der Waals surface area contributed by atoms with E-state index in [9.17, 15) is 24.6 Å². The van der Waals surface area contributed by atoms with Crippen LogP contribution in [0.3, 0.4) is 0 Å². The topological polar surface area (TPSA) is 241 Å². The lowest BCUT2D eigenvalue weighted by atomic mass is 9.46. The Morgan fingerprint density at radius 1 is 0.968 bits per heavy atom. The van der Waals surface area contributed by atoms with Gasteiger partial charge in [-0.15, -0.1) is 0 Å². The third-order valence-electron chi connectivity index (χ3n) is 14.2. The summed E-state index contributed by atoms with van der Waals surface area (Å²) < 4.78 is 11.6. The number of aliphatic hydroxyl groups excluding tert-OH is 1. The molecule has 334 valence electrons. The summed E-state index contributed by atoms with van der Waals surface area (Å²) in [5.74, 6) is -0.344. The van der Waals surface area contributed by atoms with Crippen LogP contribution < -0.4 is 27.0 Å². The largest absolute Gasteiger partial charge is 0.393 e. The van der Waals surface area contributed by atoms with Gasteiger partial charge in [-0.3, -0.25) is 14.4 Å². The van der Waals surface area contributed by atoms with Gasteiger partial charge in [0.25, 0.3) is 11.8 Å². The van der Waals surface area contributed by atoms with E-state index in [1.165, 1.54) is 0 Å². The van der Waals surface area contributed by atoms with Crippen LogP contribution in [0.4, 0.5) is 17.5 Å². The summed E-state index contributed by atoms with van der Waals surface area (Å²) >= 11 is 0. The quantitative estimate of drug-likeness (QED) is 0.0995. The second kappa shape index (κ2) is 18.8. The Kier molecular flexibility index (Phi) is 13.6. The number of carbonyl (C=O) groups is 3. The second-order valence-electron chi connectivity index (χ2n) is 18.2. The van der Waals surface area contributed by atoms with Gasteiger partial charge in [0.15, 0.2) is 28.4 Å². The van der Waals surface area contributed by atoms with Crippen molar-refractivity contribution in [1.82, 2.24) is 30.6 Å². The summed E-state index contributed by atoms with van der Waals surface area (Å²) in [6.45, 7) is 9.65. The first kappa shape index (κ1) is 45.0. The molecule has 0 bridgehead atoms. The number of ether oxygens (including phenoxy) is 2. The highest BCUT2D eigenvalue weighted by molar-refractivity contribution is 6.01. The molecule has 8 atom stereocenters. The highest BCUT2D eigenvalue weighted by atomic mass is 16.5. The molecular formula is C46H63N9O7. The minimum atomic E-state index is -1.59. The number of nitrogens with one attached hydrogen (secondary N) is 2. The summed E-state index contributed by atoms with van der Waals surface area (Å²) in [6.07, 6.45) is 12.0. The number of benzene rings is 1. The first-order chi connectivity index (χ1) is 29.7. The van der Waals surface area contributed by atoms with E-state index in [1.807, 2.05) is 44.0 Å². The van der Waals surface area contributed by atoms with Crippen molar-refractivity contribution in [3.8, 4) is 0 Å². The van der Waals surface area contributed by atoms with Gasteiger partial charge < -0.3 is 46.7 Å². The van der Waals surface area contributed by atoms with Crippen molar-refractivity contribution in [2.75, 3.05) is 62.9 Å². The lowest BCUT2D eigenvalue weighted by Gasteiger charge is -2.59. The molecule has 1 aromatic carbocycles. The zero-order valence-electron chi connectivity index (χ0n) is 36.4. The number of allylic oxidation sites excluding steroid dienone is 4. The fourth-order valence-corrected chi connectivity index (χ4v) is 11.0. The zero-order valence-corrected chi connectivity index (χ0v) is 36.4. The average molecular weight is 854 g/mol. The number of hydrogen-bond acceptors (Lipinski definition) is 14. The molecule has 62 heavy (non-hydrogen) atoms. The predicted octanol–water partition coefficient (Wildman–Crippen LogP) is 3.92. The number of ketones is 1. The third-order valence-corrected chi connectivity index (χ3v) is 14.2. The molecule has 3 aromatic rings. The summed E-state index contributed by atoms with van der Waals surface area (Å²) in [5.41, 5.74) is 12.8. The number of fused-ring (bicyclic) bond motifs is 6. The van der Waals surface area contributed by atoms with Gasteiger partial charge in [0, 0.05) is 74.6 Å². The number of amides is 2. The van der Waals surface area contributed by atoms with Crippen LogP contribution in [0, 0.1) is 34.5 Å². The van der Waals surface area contributed by atoms with E-state index in [4.69, 9.17) is 20.9 Å². The van der Waals surface area contributed by atoms with E-state index in [-0.39, 0.29) is 53.0 Å². The average Bonchev–Trinajstić information content (AvgIpc) is 3.45. The third kappa shape index (κ3) is 8.92. The van der Waals surface area contributed by atoms with E-state index in [0.717, 1.165) is 43.4 Å². The standard InChI is InChI=1S/C46H63N9O7/c1-28-23-35-34-14-11-30-24-33(56)15-16-44(30,2)37(34)36(57)25-45(35,3)46(28,60)42(59)50-18-8-22-62-20-6-5-19-61-21-7-17-49-41(58)29-9-12-32(13-10-29)55(4)27-31-26-51-40-38(52-31)39(47)53-43(48)54-40/h9-10,12-13,15-16,24,26,28,34-37,57,60H,5-8,11,14,17-23,25,27H2,1-4H3,(H,49,58)(H,50,59)(H4,47,48,51,53,54)/t28-,34?,35?,36+,37?,44+,45+,46+/m1/s1. The molecule has 2 amide bonds. The van der Waals surface area contributed by atoms with Crippen molar-refractivity contribution in [1.29, 1.82) is 0 Å². The number of rotatable bonds is 18. The van der Waals surface area contributed by atoms with Gasteiger partial charge in [-0.25, -0.2) is 9.97 Å². The number of nitrogens with zero attached hydrogens (tertiary/aromatic N) is 5. The molecule has 7 rings (SSSR count). The summed E-state index contributed by atoms with van der Waals surface area (Å²) in [7, 11) is 1.92. The number of unbranched alkanes of at least 4 members (excludes halogenated alkanes) is 1. The van der Waals surface area contributed by atoms with Crippen LogP contribution in [0.15, 0.2) is 54.3 Å². The molecule has 3 unspecified atom stereocenters. The summed E-state index contributed by atoms with van der Waals surface area (Å²) in [5, 5.41) is 29.8. The fraction of sp³-hybridized carbons (Fsp3) is 0.587. The first-order valence-electron chi connectivity index (χ1n) is 22.1. The Bertz CT molecular complexity index is 2190. The van der Waals surface area contributed by atoms with Gasteiger partial charge in [-0.05, 0) is 106 Å². The van der Waals surface area contributed by atoms with Crippen LogP contribution in [-0.4, -0.2) is 106 Å². The van der Waals surface area contributed by atoms with E-state index >= 15 is 0 Å². The number of nitrogen functional groups attached to an aromatic ring is 2. The Balaban J connectivity index is 0.729. The lowest BCUT2D eigenvalue weighted by Crippen LogP contribution is -2.64. The van der Waals surface area contributed by atoms with Gasteiger partial charge in [0.2, 0.25) is 5.95 Å². The molecule has 3 saturated carbocycles. The van der Waals surface area contributed by atoms with Crippen molar-refractivity contribution in [2.45, 2.75) is 90.4 Å². The van der Waals surface area contributed by atoms with Crippen molar-refractivity contribution in [3.05, 3.63) is 65.5 Å². The summed E-state index contributed by atoms with van der Waals surface area (Å²) in [4.78, 5) is 57.5. The molecule has 8 N–H and O–H groups in total. The number of anilines is 3. The predicted molar refractivity (Wildman–Crippen MR) is 235 cm³/mol. The van der Waals surface area contributed by atoms with Crippen LogP contribution in [0.1, 0.15) is 88.2 Å². The highest BCUT2D eigenvalue weighted by Gasteiger charge is 2.70. The maximum atomic E-state index is 13.8. The lowest BCUT2D eigenvalue weighted by molar-refractivity contribution is -0.183. The minimum absolute atomic E-state index is 0.00337. The monoisotopic (exact) mass is 853 g/mol. The summed E-state index contributed by atoms with van der Waals surface area (Å²) in [6, 6.07) is 7.33. The molecular weight excluding hydrogens is 791 g/mol. The van der Waals surface area contributed by atoms with Crippen molar-refractivity contribution < 1.29 is 34.1 Å². The van der Waals surface area contributed by atoms with Crippen molar-refractivity contribution in [2.24, 2.45) is 34.5 Å². The number of hydrogen-bond donors (Lipinski definition) is 6. The van der Waals surface area contributed by atoms with Crippen LogP contribution >= 0.6 is 0 Å². The second-order valence-corrected chi connectivity index (χ2v) is 18.2. The fourth-order valence-electron chi connectivity index (χ4n) is 11.0. The van der Waals surface area contributed by atoms with Crippen molar-refractivity contribution in [3.63, 3.8) is 0 Å². The molecule has 0 radical (unpaired) electrons. The Hall–Kier alpha value is -5.03. The maximum Gasteiger partial charge on any atom is 0.252 e. The van der Waals surface area contributed by atoms with Gasteiger partial charge in [-0.1, -0.05) is 32.4 Å². The molecule has 3 fully saturated rings. The van der Waals surface area contributed by atoms with Gasteiger partial charge >= 0.3 is 0 Å². The molecule has 4 aliphatic rings. The normalized spacial score (nSPS) is 28.8. The Morgan fingerprint density at radius 2 is 1.65 bits per heavy atom. The zero-order chi connectivity index (χ0) is 44.2. The molecule has 2 heterocycles.